The van der Waals surface area contributed by atoms with Gasteiger partial charge in [0.05, 0.1) is 25.8 Å². The predicted molar refractivity (Wildman–Crippen MR) is 143 cm³/mol. The van der Waals surface area contributed by atoms with Gasteiger partial charge in [0.2, 0.25) is 0 Å². The summed E-state index contributed by atoms with van der Waals surface area (Å²) in [6.45, 7) is 0.274. The number of nitrogens with zero attached hydrogens (tertiary/aromatic N) is 1. The first-order valence-electron chi connectivity index (χ1n) is 9.01. The van der Waals surface area contributed by atoms with Crippen LogP contribution >= 0.6 is 77.7 Å². The Kier molecular flexibility index (Phi) is 9.24. The summed E-state index contributed by atoms with van der Waals surface area (Å²) in [5, 5.41) is 5.15. The molecule has 166 valence electrons. The van der Waals surface area contributed by atoms with Gasteiger partial charge in [-0.3, -0.25) is 4.79 Å². The Balaban J connectivity index is 1.66. The van der Waals surface area contributed by atoms with Crippen LogP contribution in [0.25, 0.3) is 0 Å². The molecular weight excluding hydrogens is 698 g/mol. The predicted octanol–water partition coefficient (Wildman–Crippen LogP) is 7.47. The molecule has 0 aliphatic carbocycles. The first-order valence-corrected chi connectivity index (χ1v) is 12.4. The third kappa shape index (κ3) is 6.60. The smallest absolute Gasteiger partial charge is 0.271 e. The topological polar surface area (TPSA) is 59.9 Å². The minimum atomic E-state index is -0.339. The zero-order chi connectivity index (χ0) is 23.3. The highest BCUT2D eigenvalue weighted by Gasteiger charge is 2.11. The standard InChI is InChI=1S/C22H15Br2Cl2IN2O3/c1-31-20-8-13(3-5-19(20)27)22(30)29-28-10-12-6-16(23)21(17(24)7-12)32-11-14-2-4-15(25)9-18(14)26/h2-10H,11H2,1H3,(H,29,30). The molecule has 0 atom stereocenters. The van der Waals surface area contributed by atoms with Crippen LogP contribution in [0.3, 0.4) is 0 Å². The van der Waals surface area contributed by atoms with Gasteiger partial charge in [0, 0.05) is 21.2 Å². The molecule has 5 nitrogen and oxygen atoms in total. The van der Waals surface area contributed by atoms with Crippen LogP contribution in [-0.4, -0.2) is 19.2 Å². The molecule has 0 heterocycles. The van der Waals surface area contributed by atoms with Gasteiger partial charge < -0.3 is 9.47 Å². The van der Waals surface area contributed by atoms with Crippen LogP contribution in [0.5, 0.6) is 11.5 Å². The fourth-order valence-electron chi connectivity index (χ4n) is 2.61. The van der Waals surface area contributed by atoms with E-state index in [0.717, 1.165) is 14.7 Å². The molecule has 0 aromatic heterocycles. The van der Waals surface area contributed by atoms with E-state index in [-0.39, 0.29) is 12.5 Å². The van der Waals surface area contributed by atoms with E-state index in [1.165, 1.54) is 6.21 Å². The number of hydrogen-bond donors (Lipinski definition) is 1. The average molecular weight is 713 g/mol. The first kappa shape index (κ1) is 25.3. The number of benzene rings is 3. The molecule has 3 aromatic rings. The lowest BCUT2D eigenvalue weighted by Gasteiger charge is -2.12. The third-order valence-electron chi connectivity index (χ3n) is 4.20. The second kappa shape index (κ2) is 11.7. The number of nitrogens with one attached hydrogen (secondary N) is 1. The summed E-state index contributed by atoms with van der Waals surface area (Å²) in [4.78, 5) is 12.3. The van der Waals surface area contributed by atoms with Crippen molar-refractivity contribution in [3.05, 3.63) is 87.8 Å². The van der Waals surface area contributed by atoms with Crippen LogP contribution in [0.1, 0.15) is 21.5 Å². The van der Waals surface area contributed by atoms with Crippen molar-refractivity contribution in [3.8, 4) is 11.5 Å². The van der Waals surface area contributed by atoms with Gasteiger partial charge >= 0.3 is 0 Å². The van der Waals surface area contributed by atoms with Gasteiger partial charge in [-0.25, -0.2) is 5.43 Å². The van der Waals surface area contributed by atoms with Crippen molar-refractivity contribution in [1.29, 1.82) is 0 Å². The number of ether oxygens (including phenoxy) is 2. The highest BCUT2D eigenvalue weighted by molar-refractivity contribution is 14.1. The summed E-state index contributed by atoms with van der Waals surface area (Å²) >= 11 is 21.3. The molecule has 0 saturated carbocycles. The van der Waals surface area contributed by atoms with Crippen LogP contribution < -0.4 is 14.9 Å². The molecule has 0 radical (unpaired) electrons. The lowest BCUT2D eigenvalue weighted by atomic mass is 10.2. The maximum atomic E-state index is 12.3. The Bertz CT molecular complexity index is 1170. The molecule has 1 amide bonds. The average Bonchev–Trinajstić information content (AvgIpc) is 2.74. The van der Waals surface area contributed by atoms with E-state index in [2.05, 4.69) is 65.0 Å². The van der Waals surface area contributed by atoms with E-state index in [0.29, 0.717) is 36.1 Å². The van der Waals surface area contributed by atoms with Crippen molar-refractivity contribution < 1.29 is 14.3 Å². The molecule has 1 N–H and O–H groups in total. The molecule has 0 spiro atoms. The summed E-state index contributed by atoms with van der Waals surface area (Å²) < 4.78 is 13.5. The van der Waals surface area contributed by atoms with Crippen molar-refractivity contribution in [3.63, 3.8) is 0 Å². The largest absolute Gasteiger partial charge is 0.496 e. The van der Waals surface area contributed by atoms with Crippen molar-refractivity contribution >= 4 is 89.8 Å². The zero-order valence-corrected chi connectivity index (χ0v) is 23.3. The van der Waals surface area contributed by atoms with Crippen LogP contribution in [0.2, 0.25) is 10.0 Å². The maximum Gasteiger partial charge on any atom is 0.271 e. The van der Waals surface area contributed by atoms with Gasteiger partial charge in [-0.1, -0.05) is 29.3 Å². The highest BCUT2D eigenvalue weighted by Crippen LogP contribution is 2.35. The van der Waals surface area contributed by atoms with E-state index in [1.54, 1.807) is 31.4 Å². The Hall–Kier alpha value is -1.33. The fraction of sp³-hybridized carbons (Fsp3) is 0.0909. The molecule has 0 saturated heterocycles. The number of amides is 1. The lowest BCUT2D eigenvalue weighted by molar-refractivity contribution is 0.0954. The van der Waals surface area contributed by atoms with Crippen molar-refractivity contribution in [2.24, 2.45) is 5.10 Å². The molecule has 3 aromatic carbocycles. The Morgan fingerprint density at radius 1 is 1.12 bits per heavy atom. The Morgan fingerprint density at radius 3 is 2.50 bits per heavy atom. The number of methoxy groups -OCH3 is 1. The van der Waals surface area contributed by atoms with Crippen LogP contribution in [0.15, 0.2) is 62.6 Å². The summed E-state index contributed by atoms with van der Waals surface area (Å²) in [6.07, 6.45) is 1.54. The second-order valence-corrected chi connectivity index (χ2v) is 10.1. The monoisotopic (exact) mass is 710 g/mol. The van der Waals surface area contributed by atoms with E-state index in [9.17, 15) is 4.79 Å². The normalized spacial score (nSPS) is 10.9. The maximum absolute atomic E-state index is 12.3. The zero-order valence-electron chi connectivity index (χ0n) is 16.5. The minimum absolute atomic E-state index is 0.274. The number of hydrazone groups is 1. The van der Waals surface area contributed by atoms with Gasteiger partial charge in [0.25, 0.3) is 5.91 Å². The summed E-state index contributed by atoms with van der Waals surface area (Å²) in [5.74, 6) is 0.905. The van der Waals surface area contributed by atoms with E-state index >= 15 is 0 Å². The molecule has 32 heavy (non-hydrogen) atoms. The molecule has 0 fully saturated rings. The Labute approximate surface area is 225 Å². The minimum Gasteiger partial charge on any atom is -0.496 e. The molecule has 0 aliphatic heterocycles. The van der Waals surface area contributed by atoms with Gasteiger partial charge in [-0.2, -0.15) is 5.10 Å². The number of halogens is 5. The van der Waals surface area contributed by atoms with E-state index < -0.39 is 0 Å². The van der Waals surface area contributed by atoms with Gasteiger partial charge in [0.15, 0.2) is 0 Å². The van der Waals surface area contributed by atoms with Gasteiger partial charge in [-0.15, -0.1) is 0 Å². The molecule has 0 bridgehead atoms. The summed E-state index contributed by atoms with van der Waals surface area (Å²) in [5.41, 5.74) is 4.53. The summed E-state index contributed by atoms with van der Waals surface area (Å²) in [6, 6.07) is 14.1. The van der Waals surface area contributed by atoms with Crippen LogP contribution in [0, 0.1) is 3.57 Å². The lowest BCUT2D eigenvalue weighted by Crippen LogP contribution is -2.17. The third-order valence-corrected chi connectivity index (χ3v) is 6.86. The van der Waals surface area contributed by atoms with Gasteiger partial charge in [0.1, 0.15) is 18.1 Å². The van der Waals surface area contributed by atoms with Crippen molar-refractivity contribution in [1.82, 2.24) is 5.43 Å². The fourth-order valence-corrected chi connectivity index (χ4v) is 5.08. The van der Waals surface area contributed by atoms with Crippen LogP contribution in [0.4, 0.5) is 0 Å². The van der Waals surface area contributed by atoms with E-state index in [4.69, 9.17) is 32.7 Å². The van der Waals surface area contributed by atoms with Crippen molar-refractivity contribution in [2.45, 2.75) is 6.61 Å². The SMILES string of the molecule is COc1cc(C(=O)NN=Cc2cc(Br)c(OCc3ccc(Cl)cc3Cl)c(Br)c2)ccc1I. The number of carbonyl (C=O) groups excluding carboxylic acids is 1. The molecule has 0 unspecified atom stereocenters. The quantitative estimate of drug-likeness (QED) is 0.157. The van der Waals surface area contributed by atoms with E-state index in [1.807, 2.05) is 24.3 Å². The molecule has 0 aliphatic rings. The number of rotatable bonds is 7. The Morgan fingerprint density at radius 2 is 1.84 bits per heavy atom. The number of carbonyl (C=O) groups is 1. The highest BCUT2D eigenvalue weighted by atomic mass is 127. The molecule has 10 heteroatoms. The number of hydrogen-bond acceptors (Lipinski definition) is 4. The summed E-state index contributed by atoms with van der Waals surface area (Å²) in [7, 11) is 1.56. The first-order chi connectivity index (χ1) is 15.3. The molecular formula is C22H15Br2Cl2IN2O3. The molecule has 3 rings (SSSR count). The van der Waals surface area contributed by atoms with Crippen molar-refractivity contribution in [2.75, 3.05) is 7.11 Å². The van der Waals surface area contributed by atoms with Gasteiger partial charge in [-0.05, 0) is 102 Å². The second-order valence-electron chi connectivity index (χ2n) is 6.39. The van der Waals surface area contributed by atoms with Crippen LogP contribution in [-0.2, 0) is 6.61 Å².